The van der Waals surface area contributed by atoms with Crippen LogP contribution in [-0.4, -0.2) is 10.1 Å². The molecule has 0 aromatic heterocycles. The minimum atomic E-state index is -0.221. The van der Waals surface area contributed by atoms with Crippen LogP contribution in [-0.2, 0) is 6.42 Å². The van der Waals surface area contributed by atoms with Crippen LogP contribution in [0.4, 0.5) is 4.39 Å². The summed E-state index contributed by atoms with van der Waals surface area (Å²) in [7, 11) is 0. The highest BCUT2D eigenvalue weighted by molar-refractivity contribution is 8.16. The lowest BCUT2D eigenvalue weighted by molar-refractivity contribution is 0.473. The van der Waals surface area contributed by atoms with E-state index in [0.717, 1.165) is 40.5 Å². The second kappa shape index (κ2) is 7.40. The van der Waals surface area contributed by atoms with Gasteiger partial charge in [-0.15, -0.1) is 0 Å². The Morgan fingerprint density at radius 2 is 1.71 bits per heavy atom. The molecule has 3 aromatic carbocycles. The van der Waals surface area contributed by atoms with Crippen molar-refractivity contribution in [1.29, 1.82) is 0 Å². The molecule has 6 rings (SSSR count). The number of rotatable bonds is 2. The monoisotopic (exact) mass is 444 g/mol. The second-order valence-electron chi connectivity index (χ2n) is 7.88. The fraction of sp³-hybridized carbons (Fsp3) is 0.115. The van der Waals surface area contributed by atoms with Crippen molar-refractivity contribution in [3.05, 3.63) is 117 Å². The van der Waals surface area contributed by atoms with E-state index in [-0.39, 0.29) is 11.9 Å². The van der Waals surface area contributed by atoms with Crippen molar-refractivity contribution in [2.75, 3.05) is 0 Å². The van der Waals surface area contributed by atoms with Gasteiger partial charge in [0, 0.05) is 16.0 Å². The summed E-state index contributed by atoms with van der Waals surface area (Å²) in [5.41, 5.74) is 8.17. The van der Waals surface area contributed by atoms with Crippen molar-refractivity contribution in [3.8, 4) is 0 Å². The molecule has 0 saturated carbocycles. The molecule has 2 heterocycles. The Morgan fingerprint density at radius 1 is 0.935 bits per heavy atom. The summed E-state index contributed by atoms with van der Waals surface area (Å²) in [6.45, 7) is 0. The quantitative estimate of drug-likeness (QED) is 0.412. The third-order valence-electron chi connectivity index (χ3n) is 6.10. The first-order chi connectivity index (χ1) is 15.2. The standard InChI is InChI=1S/C26H18ClFN2S/c27-19-10-5-17(6-11-19)23-15-31-26-29-24-21-4-2-1-3-16(21)9-14-22(24)25(30(23)26)18-7-12-20(28)13-8-18/h1-8,10-13,15,25H,9,14H2. The first-order valence-electron chi connectivity index (χ1n) is 10.3. The Kier molecular flexibility index (Phi) is 4.51. The highest BCUT2D eigenvalue weighted by atomic mass is 35.5. The molecule has 0 spiro atoms. The van der Waals surface area contributed by atoms with E-state index in [1.807, 2.05) is 36.4 Å². The summed E-state index contributed by atoms with van der Waals surface area (Å²) in [6.07, 6.45) is 1.92. The lowest BCUT2D eigenvalue weighted by Gasteiger charge is -2.39. The molecule has 5 heteroatoms. The van der Waals surface area contributed by atoms with Crippen LogP contribution in [0.5, 0.6) is 0 Å². The van der Waals surface area contributed by atoms with Gasteiger partial charge in [-0.3, -0.25) is 0 Å². The van der Waals surface area contributed by atoms with Gasteiger partial charge < -0.3 is 4.90 Å². The number of amidine groups is 1. The molecule has 0 saturated heterocycles. The van der Waals surface area contributed by atoms with Crippen LogP contribution in [0.15, 0.2) is 88.8 Å². The zero-order valence-electron chi connectivity index (χ0n) is 16.6. The average molecular weight is 445 g/mol. The molecule has 3 aromatic rings. The van der Waals surface area contributed by atoms with Gasteiger partial charge >= 0.3 is 0 Å². The Bertz CT molecular complexity index is 1280. The van der Waals surface area contributed by atoms with Crippen LogP contribution in [0, 0.1) is 5.82 Å². The summed E-state index contributed by atoms with van der Waals surface area (Å²) in [5, 5.41) is 3.82. The highest BCUT2D eigenvalue weighted by Crippen LogP contribution is 2.51. The molecule has 1 unspecified atom stereocenters. The topological polar surface area (TPSA) is 15.6 Å². The van der Waals surface area contributed by atoms with E-state index >= 15 is 0 Å². The molecular formula is C26H18ClFN2S. The normalized spacial score (nSPS) is 19.4. The number of aliphatic imine (C=N–C) groups is 1. The molecule has 1 atom stereocenters. The number of thioether (sulfide) groups is 1. The van der Waals surface area contributed by atoms with Gasteiger partial charge in [0.05, 0.1) is 17.4 Å². The van der Waals surface area contributed by atoms with Gasteiger partial charge in [-0.25, -0.2) is 9.38 Å². The molecule has 0 bridgehead atoms. The first-order valence-corrected chi connectivity index (χ1v) is 11.5. The summed E-state index contributed by atoms with van der Waals surface area (Å²) >= 11 is 7.77. The van der Waals surface area contributed by atoms with Gasteiger partial charge in [0.25, 0.3) is 0 Å². The smallest absolute Gasteiger partial charge is 0.174 e. The number of halogens is 2. The van der Waals surface area contributed by atoms with Crippen molar-refractivity contribution in [1.82, 2.24) is 4.90 Å². The molecule has 0 N–H and O–H groups in total. The highest BCUT2D eigenvalue weighted by Gasteiger charge is 2.40. The number of aryl methyl sites for hydroxylation is 1. The van der Waals surface area contributed by atoms with Crippen LogP contribution in [0.25, 0.3) is 11.4 Å². The van der Waals surface area contributed by atoms with Gasteiger partial charge in [-0.1, -0.05) is 71.9 Å². The van der Waals surface area contributed by atoms with Crippen LogP contribution in [0.2, 0.25) is 5.02 Å². The number of hydrogen-bond acceptors (Lipinski definition) is 3. The van der Waals surface area contributed by atoms with Gasteiger partial charge in [-0.2, -0.15) is 0 Å². The second-order valence-corrected chi connectivity index (χ2v) is 9.15. The minimum Gasteiger partial charge on any atom is -0.308 e. The summed E-state index contributed by atoms with van der Waals surface area (Å²) < 4.78 is 13.8. The van der Waals surface area contributed by atoms with Crippen molar-refractivity contribution < 1.29 is 4.39 Å². The summed E-state index contributed by atoms with van der Waals surface area (Å²) in [6, 6.07) is 23.3. The maximum absolute atomic E-state index is 13.8. The number of nitrogens with zero attached hydrogens (tertiary/aromatic N) is 2. The van der Waals surface area contributed by atoms with Crippen molar-refractivity contribution in [3.63, 3.8) is 0 Å². The fourth-order valence-corrected chi connectivity index (χ4v) is 5.71. The molecule has 31 heavy (non-hydrogen) atoms. The Balaban J connectivity index is 1.53. The van der Waals surface area contributed by atoms with Gasteiger partial charge in [-0.05, 0) is 59.4 Å². The van der Waals surface area contributed by atoms with E-state index in [2.05, 4.69) is 34.6 Å². The third-order valence-corrected chi connectivity index (χ3v) is 7.20. The zero-order chi connectivity index (χ0) is 20.9. The predicted molar refractivity (Wildman–Crippen MR) is 127 cm³/mol. The maximum Gasteiger partial charge on any atom is 0.174 e. The number of fused-ring (bicyclic) bond motifs is 3. The molecular weight excluding hydrogens is 427 g/mol. The number of benzene rings is 3. The maximum atomic E-state index is 13.8. The lowest BCUT2D eigenvalue weighted by Crippen LogP contribution is -2.34. The van der Waals surface area contributed by atoms with Crippen LogP contribution < -0.4 is 0 Å². The first kappa shape index (κ1) is 18.9. The predicted octanol–water partition coefficient (Wildman–Crippen LogP) is 7.29. The van der Waals surface area contributed by atoms with E-state index in [0.29, 0.717) is 5.02 Å². The van der Waals surface area contributed by atoms with Gasteiger partial charge in [0.2, 0.25) is 0 Å². The Morgan fingerprint density at radius 3 is 2.52 bits per heavy atom. The Labute approximate surface area is 189 Å². The van der Waals surface area contributed by atoms with Gasteiger partial charge in [0.15, 0.2) is 5.17 Å². The van der Waals surface area contributed by atoms with Crippen LogP contribution in [0.3, 0.4) is 0 Å². The molecule has 2 aliphatic heterocycles. The molecule has 152 valence electrons. The zero-order valence-corrected chi connectivity index (χ0v) is 18.1. The van der Waals surface area contributed by atoms with E-state index in [1.165, 1.54) is 16.7 Å². The minimum absolute atomic E-state index is 0.0200. The summed E-state index contributed by atoms with van der Waals surface area (Å²) in [4.78, 5) is 7.43. The van der Waals surface area contributed by atoms with E-state index in [9.17, 15) is 4.39 Å². The number of hydrogen-bond donors (Lipinski definition) is 0. The summed E-state index contributed by atoms with van der Waals surface area (Å²) in [5.74, 6) is -0.221. The van der Waals surface area contributed by atoms with E-state index in [4.69, 9.17) is 16.6 Å². The van der Waals surface area contributed by atoms with Crippen LogP contribution >= 0.6 is 23.4 Å². The van der Waals surface area contributed by atoms with Crippen molar-refractivity contribution in [2.24, 2.45) is 4.99 Å². The average Bonchev–Trinajstić information content (AvgIpc) is 3.22. The van der Waals surface area contributed by atoms with Crippen LogP contribution in [0.1, 0.15) is 34.7 Å². The molecule has 0 fully saturated rings. The largest absolute Gasteiger partial charge is 0.308 e. The third kappa shape index (κ3) is 3.13. The van der Waals surface area contributed by atoms with E-state index in [1.54, 1.807) is 23.9 Å². The molecule has 2 nitrogen and oxygen atoms in total. The van der Waals surface area contributed by atoms with Gasteiger partial charge in [0.1, 0.15) is 5.82 Å². The molecule has 0 amide bonds. The van der Waals surface area contributed by atoms with E-state index < -0.39 is 0 Å². The fourth-order valence-electron chi connectivity index (χ4n) is 4.66. The Hall–Kier alpha value is -2.82. The lowest BCUT2D eigenvalue weighted by atomic mass is 9.82. The molecule has 3 aliphatic rings. The van der Waals surface area contributed by atoms with Crippen molar-refractivity contribution in [2.45, 2.75) is 18.9 Å². The molecule has 1 aliphatic carbocycles. The van der Waals surface area contributed by atoms with Crippen molar-refractivity contribution >= 4 is 39.9 Å². The SMILES string of the molecule is Fc1ccc(C2C3=C(N=C4SC=C(c5ccc(Cl)cc5)N42)c2ccccc2CC3)cc1. The molecule has 0 radical (unpaired) electrons.